The summed E-state index contributed by atoms with van der Waals surface area (Å²) in [6, 6.07) is 2.09. The van der Waals surface area contributed by atoms with E-state index in [1.54, 1.807) is 0 Å². The molecule has 0 amide bonds. The van der Waals surface area contributed by atoms with E-state index < -0.39 is 60.5 Å². The van der Waals surface area contributed by atoms with Crippen molar-refractivity contribution in [3.8, 4) is 17.2 Å². The number of hydrogen-bond acceptors (Lipinski definition) is 10. The molecule has 164 valence electrons. The Balaban J connectivity index is 2.11. The summed E-state index contributed by atoms with van der Waals surface area (Å²) in [7, 11) is 0. The minimum absolute atomic E-state index is 0.101. The minimum Gasteiger partial charge on any atom is -0.504 e. The molecule has 10 heteroatoms. The quantitative estimate of drug-likeness (QED) is 0.183. The van der Waals surface area contributed by atoms with Gasteiger partial charge in [-0.3, -0.25) is 0 Å². The first-order valence-electron chi connectivity index (χ1n) is 9.50. The van der Waals surface area contributed by atoms with Crippen LogP contribution in [0.3, 0.4) is 0 Å². The lowest BCUT2D eigenvalue weighted by molar-refractivity contribution is -0.277. The third kappa shape index (κ3) is 5.71. The normalized spacial score (nSPS) is 26.9. The lowest BCUT2D eigenvalue weighted by Crippen LogP contribution is -2.60. The molecule has 1 saturated heterocycles. The predicted molar refractivity (Wildman–Crippen MR) is 98.6 cm³/mol. The third-order valence-electron chi connectivity index (χ3n) is 4.61. The van der Waals surface area contributed by atoms with Gasteiger partial charge in [0.1, 0.15) is 24.4 Å². The first-order chi connectivity index (χ1) is 13.8. The van der Waals surface area contributed by atoms with E-state index in [1.807, 2.05) is 0 Å². The summed E-state index contributed by atoms with van der Waals surface area (Å²) in [6.07, 6.45) is -4.12. The summed E-state index contributed by atoms with van der Waals surface area (Å²) in [4.78, 5) is 12.2. The Labute approximate surface area is 167 Å². The number of hydrogen-bond donors (Lipinski definition) is 6. The lowest BCUT2D eigenvalue weighted by Gasteiger charge is -2.39. The molecule has 1 heterocycles. The number of aliphatic hydroxyl groups is 4. The first kappa shape index (κ1) is 23.2. The zero-order chi connectivity index (χ0) is 21.6. The highest BCUT2D eigenvalue weighted by Crippen LogP contribution is 2.38. The highest BCUT2D eigenvalue weighted by molar-refractivity contribution is 5.91. The number of aliphatic hydroxyl groups excluding tert-OH is 4. The maximum absolute atomic E-state index is 12.2. The molecule has 1 aromatic rings. The van der Waals surface area contributed by atoms with Crippen LogP contribution in [0.2, 0.25) is 0 Å². The Morgan fingerprint density at radius 3 is 2.45 bits per heavy atom. The molecule has 10 nitrogen and oxygen atoms in total. The molecular formula is C19H28O10. The lowest BCUT2D eigenvalue weighted by atomic mass is 9.99. The van der Waals surface area contributed by atoms with Gasteiger partial charge in [-0.1, -0.05) is 26.2 Å². The molecule has 0 aliphatic carbocycles. The van der Waals surface area contributed by atoms with Crippen LogP contribution in [-0.2, 0) is 9.47 Å². The first-order valence-corrected chi connectivity index (χ1v) is 9.50. The largest absolute Gasteiger partial charge is 0.504 e. The van der Waals surface area contributed by atoms with Crippen molar-refractivity contribution in [3.63, 3.8) is 0 Å². The fourth-order valence-electron chi connectivity index (χ4n) is 2.87. The molecule has 0 spiro atoms. The van der Waals surface area contributed by atoms with Crippen molar-refractivity contribution in [1.82, 2.24) is 0 Å². The number of unbranched alkanes of at least 4 members (excludes halogenated alkanes) is 3. The number of aromatic hydroxyl groups is 2. The molecule has 1 aromatic carbocycles. The highest BCUT2D eigenvalue weighted by Gasteiger charge is 2.45. The van der Waals surface area contributed by atoms with Crippen LogP contribution in [0.25, 0.3) is 0 Å². The van der Waals surface area contributed by atoms with Crippen molar-refractivity contribution in [2.75, 3.05) is 13.2 Å². The standard InChI is InChI=1S/C19H28O10/c1-2-3-4-5-6-27-18(26)10-7-11(21)14(22)12(8-10)28-19-17(25)16(24)15(23)13(9-20)29-19/h7-8,13,15-17,19-25H,2-6,9H2,1H3/t13-,15-,16+,17-,19-/m1/s1. The molecule has 5 atom stereocenters. The van der Waals surface area contributed by atoms with Gasteiger partial charge >= 0.3 is 5.97 Å². The van der Waals surface area contributed by atoms with Crippen LogP contribution >= 0.6 is 0 Å². The van der Waals surface area contributed by atoms with Crippen molar-refractivity contribution >= 4 is 5.97 Å². The van der Waals surface area contributed by atoms with Gasteiger partial charge in [-0.2, -0.15) is 0 Å². The summed E-state index contributed by atoms with van der Waals surface area (Å²) >= 11 is 0. The number of phenolic OH excluding ortho intramolecular Hbond substituents is 2. The number of carbonyl (C=O) groups excluding carboxylic acids is 1. The summed E-state index contributed by atoms with van der Waals surface area (Å²) in [6.45, 7) is 1.60. The van der Waals surface area contributed by atoms with Gasteiger partial charge in [0.15, 0.2) is 11.5 Å². The number of ether oxygens (including phenoxy) is 3. The minimum atomic E-state index is -1.72. The van der Waals surface area contributed by atoms with E-state index >= 15 is 0 Å². The molecule has 1 fully saturated rings. The van der Waals surface area contributed by atoms with Gasteiger partial charge in [-0.15, -0.1) is 0 Å². The molecule has 0 radical (unpaired) electrons. The number of benzene rings is 1. The average Bonchev–Trinajstić information content (AvgIpc) is 2.71. The molecule has 1 aliphatic rings. The Morgan fingerprint density at radius 2 is 1.79 bits per heavy atom. The highest BCUT2D eigenvalue weighted by atomic mass is 16.7. The molecule has 0 unspecified atom stereocenters. The monoisotopic (exact) mass is 416 g/mol. The SMILES string of the molecule is CCCCCCOC(=O)c1cc(O)c(O)c(O[C@@H]2O[C@H](CO)[C@@H](O)[C@H](O)[C@H]2O)c1. The van der Waals surface area contributed by atoms with E-state index in [0.717, 1.165) is 31.4 Å². The number of phenols is 2. The fraction of sp³-hybridized carbons (Fsp3) is 0.632. The van der Waals surface area contributed by atoms with Gasteiger partial charge in [-0.25, -0.2) is 4.79 Å². The van der Waals surface area contributed by atoms with E-state index in [-0.39, 0.29) is 12.2 Å². The molecule has 2 rings (SSSR count). The van der Waals surface area contributed by atoms with Crippen molar-refractivity contribution in [3.05, 3.63) is 17.7 Å². The zero-order valence-electron chi connectivity index (χ0n) is 16.1. The van der Waals surface area contributed by atoms with Gasteiger partial charge in [0.2, 0.25) is 12.0 Å². The van der Waals surface area contributed by atoms with Gasteiger partial charge in [0.05, 0.1) is 18.8 Å². The molecule has 1 aliphatic heterocycles. The Bertz CT molecular complexity index is 677. The van der Waals surface area contributed by atoms with E-state index in [1.165, 1.54) is 0 Å². The van der Waals surface area contributed by atoms with E-state index in [2.05, 4.69) is 6.92 Å². The molecule has 29 heavy (non-hydrogen) atoms. The van der Waals surface area contributed by atoms with Crippen molar-refractivity contribution in [2.45, 2.75) is 63.3 Å². The predicted octanol–water partition coefficient (Wildman–Crippen LogP) is 0.0136. The Morgan fingerprint density at radius 1 is 1.07 bits per heavy atom. The van der Waals surface area contributed by atoms with E-state index in [4.69, 9.17) is 14.2 Å². The molecule has 0 aromatic heterocycles. The molecular weight excluding hydrogens is 388 g/mol. The Kier molecular flexibility index (Phi) is 8.47. The topological polar surface area (TPSA) is 166 Å². The second kappa shape index (κ2) is 10.6. The fourth-order valence-corrected chi connectivity index (χ4v) is 2.87. The summed E-state index contributed by atoms with van der Waals surface area (Å²) < 4.78 is 15.6. The summed E-state index contributed by atoms with van der Waals surface area (Å²) in [5.74, 6) is -2.53. The van der Waals surface area contributed by atoms with Crippen LogP contribution < -0.4 is 4.74 Å². The Hall–Kier alpha value is -2.11. The molecule has 0 bridgehead atoms. The van der Waals surface area contributed by atoms with Gasteiger partial charge in [-0.05, 0) is 18.6 Å². The van der Waals surface area contributed by atoms with Crippen LogP contribution in [-0.4, -0.2) is 80.5 Å². The van der Waals surface area contributed by atoms with Gasteiger partial charge in [0.25, 0.3) is 0 Å². The zero-order valence-corrected chi connectivity index (χ0v) is 16.1. The number of rotatable bonds is 9. The van der Waals surface area contributed by atoms with Gasteiger partial charge in [0, 0.05) is 0 Å². The number of carbonyl (C=O) groups is 1. The summed E-state index contributed by atoms with van der Waals surface area (Å²) in [5.41, 5.74) is -0.101. The van der Waals surface area contributed by atoms with Crippen molar-refractivity contribution in [2.24, 2.45) is 0 Å². The van der Waals surface area contributed by atoms with E-state index in [0.29, 0.717) is 6.42 Å². The second-order valence-electron chi connectivity index (χ2n) is 6.85. The number of esters is 1. The smallest absolute Gasteiger partial charge is 0.338 e. The van der Waals surface area contributed by atoms with Crippen LogP contribution in [0.15, 0.2) is 12.1 Å². The van der Waals surface area contributed by atoms with E-state index in [9.17, 15) is 35.4 Å². The third-order valence-corrected chi connectivity index (χ3v) is 4.61. The van der Waals surface area contributed by atoms with Crippen LogP contribution in [0, 0.1) is 0 Å². The maximum Gasteiger partial charge on any atom is 0.338 e. The van der Waals surface area contributed by atoms with Gasteiger partial charge < -0.3 is 44.8 Å². The summed E-state index contributed by atoms with van der Waals surface area (Å²) in [5, 5.41) is 58.8. The average molecular weight is 416 g/mol. The molecule has 0 saturated carbocycles. The molecule has 6 N–H and O–H groups in total. The maximum atomic E-state index is 12.2. The van der Waals surface area contributed by atoms with Crippen molar-refractivity contribution in [1.29, 1.82) is 0 Å². The van der Waals surface area contributed by atoms with Crippen LogP contribution in [0.1, 0.15) is 43.0 Å². The van der Waals surface area contributed by atoms with Crippen LogP contribution in [0.5, 0.6) is 17.2 Å². The van der Waals surface area contributed by atoms with Crippen LogP contribution in [0.4, 0.5) is 0 Å². The second-order valence-corrected chi connectivity index (χ2v) is 6.85. The van der Waals surface area contributed by atoms with Crippen molar-refractivity contribution < 1.29 is 49.6 Å².